The fraction of sp³-hybridized carbons (Fsp3) is 0.167. The predicted molar refractivity (Wildman–Crippen MR) is 114 cm³/mol. The van der Waals surface area contributed by atoms with Crippen LogP contribution in [0.4, 0.5) is 0 Å². The Labute approximate surface area is 174 Å². The Bertz CT molecular complexity index is 1060. The summed E-state index contributed by atoms with van der Waals surface area (Å²) in [5.41, 5.74) is 5.26. The molecule has 0 fully saturated rings. The largest absolute Gasteiger partial charge is 0.284 e. The standard InChI is InChI=1S/C18H18N4O3S3/c1-22(20-16(23)12-28(19,24)25,18(27)13-7-3-2-4-8-13)21-11-14-9-5-6-10-15(14)17(21)26/h2-10H,11-12H2,1H3,(H2-,19,20,23,24,25)/p+1. The van der Waals surface area contributed by atoms with Gasteiger partial charge < -0.3 is 0 Å². The first-order valence-electron chi connectivity index (χ1n) is 8.30. The van der Waals surface area contributed by atoms with E-state index in [2.05, 4.69) is 5.43 Å². The van der Waals surface area contributed by atoms with Crippen molar-refractivity contribution in [2.45, 2.75) is 6.54 Å². The van der Waals surface area contributed by atoms with Gasteiger partial charge in [-0.1, -0.05) is 59.4 Å². The molecule has 10 heteroatoms. The molecule has 146 valence electrons. The molecule has 0 spiro atoms. The third-order valence-electron chi connectivity index (χ3n) is 4.38. The van der Waals surface area contributed by atoms with Crippen molar-refractivity contribution in [2.24, 2.45) is 5.14 Å². The van der Waals surface area contributed by atoms with Crippen molar-refractivity contribution in [2.75, 3.05) is 12.8 Å². The Morgan fingerprint density at radius 2 is 1.79 bits per heavy atom. The number of amides is 1. The Hall–Kier alpha value is -2.24. The van der Waals surface area contributed by atoms with Gasteiger partial charge in [0, 0.05) is 5.56 Å². The number of primary sulfonamides is 1. The third-order valence-corrected chi connectivity index (χ3v) is 6.06. The number of fused-ring (bicyclic) bond motifs is 1. The van der Waals surface area contributed by atoms with Crippen molar-refractivity contribution in [3.05, 3.63) is 71.3 Å². The number of rotatable bonds is 4. The number of nitrogens with one attached hydrogen (secondary N) is 1. The molecule has 7 nitrogen and oxygen atoms in total. The normalized spacial score (nSPS) is 15.6. The first kappa shape index (κ1) is 20.5. The smallest absolute Gasteiger partial charge is 0.269 e. The number of nitrogens with zero attached hydrogens (tertiary/aromatic N) is 2. The Kier molecular flexibility index (Phi) is 5.60. The van der Waals surface area contributed by atoms with Gasteiger partial charge in [-0.05, 0) is 29.9 Å². The highest BCUT2D eigenvalue weighted by Crippen LogP contribution is 2.29. The molecule has 0 radical (unpaired) electrons. The van der Waals surface area contributed by atoms with E-state index in [0.717, 1.165) is 11.1 Å². The van der Waals surface area contributed by atoms with Crippen LogP contribution in [0.15, 0.2) is 54.6 Å². The topological polar surface area (TPSA) is 92.5 Å². The molecule has 0 saturated heterocycles. The Morgan fingerprint density at radius 1 is 1.18 bits per heavy atom. The first-order chi connectivity index (χ1) is 13.1. The lowest BCUT2D eigenvalue weighted by Gasteiger charge is -2.39. The van der Waals surface area contributed by atoms with Crippen LogP contribution in [0.1, 0.15) is 16.7 Å². The summed E-state index contributed by atoms with van der Waals surface area (Å²) in [6.07, 6.45) is 0. The highest BCUT2D eigenvalue weighted by molar-refractivity contribution is 7.89. The van der Waals surface area contributed by atoms with Gasteiger partial charge in [0.25, 0.3) is 10.9 Å². The molecule has 0 aromatic heterocycles. The lowest BCUT2D eigenvalue weighted by atomic mass is 10.1. The number of carbonyl (C=O) groups excluding carboxylic acids is 1. The maximum absolute atomic E-state index is 12.4. The molecule has 1 aliphatic rings. The van der Waals surface area contributed by atoms with Crippen LogP contribution in [-0.2, 0) is 21.4 Å². The zero-order valence-corrected chi connectivity index (χ0v) is 17.5. The van der Waals surface area contributed by atoms with Crippen molar-refractivity contribution in [1.29, 1.82) is 0 Å². The van der Waals surface area contributed by atoms with Crippen LogP contribution in [0.5, 0.6) is 0 Å². The van der Waals surface area contributed by atoms with Crippen molar-refractivity contribution in [1.82, 2.24) is 10.4 Å². The van der Waals surface area contributed by atoms with E-state index >= 15 is 0 Å². The average molecular weight is 436 g/mol. The second-order valence-corrected chi connectivity index (χ2v) is 8.88. The summed E-state index contributed by atoms with van der Waals surface area (Å²) in [7, 11) is -2.33. The summed E-state index contributed by atoms with van der Waals surface area (Å²) in [5.74, 6) is -1.63. The van der Waals surface area contributed by atoms with Gasteiger partial charge >= 0.3 is 0 Å². The van der Waals surface area contributed by atoms with Crippen molar-refractivity contribution in [3.63, 3.8) is 0 Å². The fourth-order valence-electron chi connectivity index (χ4n) is 3.07. The van der Waals surface area contributed by atoms with E-state index in [-0.39, 0.29) is 4.70 Å². The molecular weight excluding hydrogens is 416 g/mol. The van der Waals surface area contributed by atoms with Gasteiger partial charge in [0.1, 0.15) is 12.8 Å². The van der Waals surface area contributed by atoms with Crippen molar-refractivity contribution < 1.29 is 17.9 Å². The van der Waals surface area contributed by atoms with E-state index in [4.69, 9.17) is 29.6 Å². The van der Waals surface area contributed by atoms with Crippen LogP contribution in [0.25, 0.3) is 0 Å². The molecule has 0 saturated carbocycles. The highest BCUT2D eigenvalue weighted by Gasteiger charge is 2.45. The summed E-state index contributed by atoms with van der Waals surface area (Å²) >= 11 is 11.3. The van der Waals surface area contributed by atoms with Crippen LogP contribution >= 0.6 is 24.4 Å². The fourth-order valence-corrected chi connectivity index (χ4v) is 4.21. The van der Waals surface area contributed by atoms with Gasteiger partial charge in [-0.2, -0.15) is 10.4 Å². The monoisotopic (exact) mass is 435 g/mol. The highest BCUT2D eigenvalue weighted by atomic mass is 32.2. The first-order valence-corrected chi connectivity index (χ1v) is 10.8. The molecule has 1 heterocycles. The summed E-state index contributed by atoms with van der Waals surface area (Å²) in [6.45, 7) is 0.411. The van der Waals surface area contributed by atoms with Crippen LogP contribution in [0.3, 0.4) is 0 Å². The number of benzene rings is 2. The number of quaternary nitrogens is 1. The van der Waals surface area contributed by atoms with Gasteiger partial charge in [0.05, 0.1) is 12.1 Å². The molecular formula is C18H19N4O3S3+. The molecule has 1 aliphatic heterocycles. The minimum Gasteiger partial charge on any atom is -0.269 e. The molecule has 1 unspecified atom stereocenters. The molecule has 2 aromatic carbocycles. The Morgan fingerprint density at radius 3 is 2.39 bits per heavy atom. The number of sulfonamides is 1. The molecule has 0 aliphatic carbocycles. The number of nitrogens with two attached hydrogens (primary N) is 1. The number of hydrogen-bond acceptors (Lipinski definition) is 5. The Balaban J connectivity index is 2.01. The predicted octanol–water partition coefficient (Wildman–Crippen LogP) is 1.23. The second kappa shape index (κ2) is 7.64. The van der Waals surface area contributed by atoms with E-state index in [1.807, 2.05) is 54.6 Å². The number of carbonyl (C=O) groups is 1. The lowest BCUT2D eigenvalue weighted by molar-refractivity contribution is -0.957. The number of thiocarbonyl (C=S) groups is 2. The van der Waals surface area contributed by atoms with Crippen LogP contribution < -0.4 is 10.6 Å². The molecule has 3 rings (SSSR count). The van der Waals surface area contributed by atoms with Crippen molar-refractivity contribution >= 4 is 50.3 Å². The van der Waals surface area contributed by atoms with Gasteiger partial charge in [-0.25, -0.2) is 13.6 Å². The number of hydrogen-bond donors (Lipinski definition) is 2. The summed E-state index contributed by atoms with van der Waals surface area (Å²) < 4.78 is 22.4. The molecule has 3 N–H and O–H groups in total. The zero-order chi connectivity index (χ0) is 20.5. The maximum atomic E-state index is 12.4. The second-order valence-electron chi connectivity index (χ2n) is 6.49. The van der Waals surface area contributed by atoms with E-state index < -0.39 is 21.7 Å². The van der Waals surface area contributed by atoms with Gasteiger partial charge in [-0.3, -0.25) is 4.79 Å². The van der Waals surface area contributed by atoms with Crippen molar-refractivity contribution in [3.8, 4) is 0 Å². The molecule has 28 heavy (non-hydrogen) atoms. The minimum absolute atomic E-state index is 0.360. The van der Waals surface area contributed by atoms with E-state index in [0.29, 0.717) is 22.1 Å². The summed E-state index contributed by atoms with van der Waals surface area (Å²) in [4.78, 5) is 13.3. The van der Waals surface area contributed by atoms with Gasteiger partial charge in [0.2, 0.25) is 10.0 Å². The van der Waals surface area contributed by atoms with E-state index in [9.17, 15) is 13.2 Å². The van der Waals surface area contributed by atoms with Crippen LogP contribution in [0, 0.1) is 0 Å². The summed E-state index contributed by atoms with van der Waals surface area (Å²) in [6, 6.07) is 16.8. The van der Waals surface area contributed by atoms with Crippen LogP contribution in [-0.4, -0.2) is 46.8 Å². The van der Waals surface area contributed by atoms with Crippen LogP contribution in [0.2, 0.25) is 0 Å². The third kappa shape index (κ3) is 4.10. The van der Waals surface area contributed by atoms with E-state index in [1.54, 1.807) is 12.1 Å². The molecule has 1 atom stereocenters. The minimum atomic E-state index is -3.99. The molecule has 0 bridgehead atoms. The lowest BCUT2D eigenvalue weighted by Crippen LogP contribution is -2.69. The van der Waals surface area contributed by atoms with Gasteiger partial charge in [-0.15, -0.1) is 0 Å². The van der Waals surface area contributed by atoms with Gasteiger partial charge in [0.15, 0.2) is 4.99 Å². The molecule has 2 aromatic rings. The quantitative estimate of drug-likeness (QED) is 0.426. The molecule has 1 amide bonds. The zero-order valence-electron chi connectivity index (χ0n) is 15.0. The van der Waals surface area contributed by atoms with E-state index in [1.165, 1.54) is 0 Å². The average Bonchev–Trinajstić information content (AvgIpc) is 2.98. The maximum Gasteiger partial charge on any atom is 0.284 e. The summed E-state index contributed by atoms with van der Waals surface area (Å²) in [5, 5.41) is 6.77. The SMILES string of the molecule is C[N+](NC(=O)CS(N)(=O)=O)(C(=S)c1ccccc1)N1Cc2ccccc2C1=S.